The summed E-state index contributed by atoms with van der Waals surface area (Å²) in [6.07, 6.45) is 2.61. The van der Waals surface area contributed by atoms with Gasteiger partial charge >= 0.3 is 12.4 Å². The highest BCUT2D eigenvalue weighted by Crippen LogP contribution is 2.41. The first kappa shape index (κ1) is 31.5. The van der Waals surface area contributed by atoms with E-state index in [1.54, 1.807) is 72.7 Å². The summed E-state index contributed by atoms with van der Waals surface area (Å²) in [5.41, 5.74) is 5.62. The van der Waals surface area contributed by atoms with Crippen LogP contribution in [0.1, 0.15) is 60.1 Å². The van der Waals surface area contributed by atoms with E-state index in [2.05, 4.69) is 9.97 Å². The van der Waals surface area contributed by atoms with Crippen molar-refractivity contribution in [1.82, 2.24) is 39.5 Å². The lowest BCUT2D eigenvalue weighted by Gasteiger charge is -2.36. The van der Waals surface area contributed by atoms with Crippen LogP contribution in [0.4, 0.5) is 26.3 Å². The first-order chi connectivity index (χ1) is 22.7. The van der Waals surface area contributed by atoms with Crippen molar-refractivity contribution in [2.45, 2.75) is 50.6 Å². The number of halogens is 6. The van der Waals surface area contributed by atoms with Gasteiger partial charge in [-0.25, -0.2) is 9.97 Å². The first-order valence-electron chi connectivity index (χ1n) is 15.3. The topological polar surface area (TPSA) is 70.3 Å². The van der Waals surface area contributed by atoms with Crippen molar-refractivity contribution < 1.29 is 26.3 Å². The molecule has 0 spiro atoms. The van der Waals surface area contributed by atoms with Crippen LogP contribution in [0, 0.1) is 0 Å². The van der Waals surface area contributed by atoms with Crippen LogP contribution in [0.3, 0.4) is 0 Å². The summed E-state index contributed by atoms with van der Waals surface area (Å²) in [6.45, 7) is 2.26. The largest absolute Gasteiger partial charge is 0.408 e. The fourth-order valence-corrected chi connectivity index (χ4v) is 6.50. The number of nitrogens with one attached hydrogen (secondary N) is 2. The fraction of sp³-hybridized carbons (Fsp3) is 0.294. The maximum Gasteiger partial charge on any atom is 0.408 e. The van der Waals surface area contributed by atoms with Gasteiger partial charge in [0, 0.05) is 72.1 Å². The van der Waals surface area contributed by atoms with Crippen molar-refractivity contribution in [3.8, 4) is 0 Å². The molecule has 0 fully saturated rings. The highest BCUT2D eigenvalue weighted by atomic mass is 19.4. The van der Waals surface area contributed by atoms with Gasteiger partial charge in [-0.05, 0) is 74.5 Å². The lowest BCUT2D eigenvalue weighted by Crippen LogP contribution is -2.43. The number of hydrogen-bond donors (Lipinski definition) is 2. The molecule has 0 radical (unpaired) electrons. The zero-order valence-corrected chi connectivity index (χ0v) is 26.3. The minimum absolute atomic E-state index is 0.467. The molecule has 14 heteroatoms. The van der Waals surface area contributed by atoms with E-state index in [9.17, 15) is 26.3 Å². The molecule has 0 saturated carbocycles. The van der Waals surface area contributed by atoms with Gasteiger partial charge in [-0.3, -0.25) is 0 Å². The number of hydrogen-bond acceptors (Lipinski definition) is 6. The molecule has 4 atom stereocenters. The Morgan fingerprint density at radius 1 is 0.604 bits per heavy atom. The molecular weight excluding hydrogens is 634 g/mol. The van der Waals surface area contributed by atoms with Gasteiger partial charge in [0.05, 0.1) is 22.8 Å². The van der Waals surface area contributed by atoms with Crippen LogP contribution in [-0.4, -0.2) is 78.1 Å². The number of fused-ring (bicyclic) bond motifs is 8. The van der Waals surface area contributed by atoms with E-state index in [0.717, 1.165) is 13.8 Å². The van der Waals surface area contributed by atoms with E-state index in [4.69, 9.17) is 9.97 Å². The second-order valence-electron chi connectivity index (χ2n) is 12.3. The Morgan fingerprint density at radius 3 is 1.44 bits per heavy atom. The van der Waals surface area contributed by atoms with Crippen LogP contribution in [0.5, 0.6) is 0 Å². The third kappa shape index (κ3) is 5.48. The molecule has 4 aliphatic heterocycles. The van der Waals surface area contributed by atoms with Gasteiger partial charge in [0.2, 0.25) is 0 Å². The molecule has 250 valence electrons. The highest BCUT2D eigenvalue weighted by Gasteiger charge is 2.46. The van der Waals surface area contributed by atoms with E-state index in [1.165, 1.54) is 22.2 Å². The van der Waals surface area contributed by atoms with E-state index < -0.39 is 36.8 Å². The summed E-state index contributed by atoms with van der Waals surface area (Å²) in [5, 5.41) is 0. The van der Waals surface area contributed by atoms with Crippen LogP contribution in [0.15, 0.2) is 61.2 Å². The molecule has 0 saturated heterocycles. The SMILES string of the molecule is CC(N1C=CN(C)C1c1c2nc(cc3ccc([nH]3)c(C3N(C)C=CN3C(C)C(F)(F)F)c3ccc(cc4nc1C=C4)[nH]3)C=C2)C(F)(F)F. The summed E-state index contributed by atoms with van der Waals surface area (Å²) in [4.78, 5) is 22.3. The minimum atomic E-state index is -4.47. The molecule has 0 aromatic carbocycles. The Bertz CT molecular complexity index is 1940. The summed E-state index contributed by atoms with van der Waals surface area (Å²) in [5.74, 6) is 0. The van der Waals surface area contributed by atoms with Crippen molar-refractivity contribution in [2.75, 3.05) is 14.1 Å². The first-order valence-corrected chi connectivity index (χ1v) is 15.3. The Kier molecular flexibility index (Phi) is 7.37. The average molecular weight is 667 g/mol. The zero-order valence-electron chi connectivity index (χ0n) is 26.3. The number of aromatic amines is 2. The quantitative estimate of drug-likeness (QED) is 0.190. The molecule has 3 aromatic heterocycles. The van der Waals surface area contributed by atoms with Crippen LogP contribution >= 0.6 is 0 Å². The van der Waals surface area contributed by atoms with Crippen molar-refractivity contribution in [2.24, 2.45) is 0 Å². The van der Waals surface area contributed by atoms with Crippen LogP contribution in [0.2, 0.25) is 0 Å². The predicted octanol–water partition coefficient (Wildman–Crippen LogP) is 7.99. The second-order valence-corrected chi connectivity index (χ2v) is 12.3. The number of alkyl halides is 6. The number of rotatable bonds is 4. The molecule has 4 unspecified atom stereocenters. The molecule has 2 N–H and O–H groups in total. The van der Waals surface area contributed by atoms with E-state index in [0.29, 0.717) is 56.0 Å². The summed E-state index contributed by atoms with van der Waals surface area (Å²) in [6, 6.07) is 7.29. The summed E-state index contributed by atoms with van der Waals surface area (Å²) in [7, 11) is 3.44. The minimum Gasteiger partial charge on any atom is -0.355 e. The molecule has 8 nitrogen and oxygen atoms in total. The van der Waals surface area contributed by atoms with Gasteiger partial charge in [0.15, 0.2) is 0 Å². The third-order valence-corrected chi connectivity index (χ3v) is 9.12. The highest BCUT2D eigenvalue weighted by molar-refractivity contribution is 5.81. The summed E-state index contributed by atoms with van der Waals surface area (Å²) >= 11 is 0. The smallest absolute Gasteiger partial charge is 0.355 e. The van der Waals surface area contributed by atoms with E-state index in [-0.39, 0.29) is 0 Å². The standard InChI is InChI=1S/C34H32F6N8/c1-19(33(35,36)37)47-15-13-45(3)31(47)29-25-9-5-21(41-25)17-23-7-11-27(43-23)30(32-46(4)14-16-48(32)20(2)34(38,39)40)28-12-8-24(44-28)18-22-6-10-26(29)42-22/h5-20,31-32,41-42H,1-4H3. The predicted molar refractivity (Wildman–Crippen MR) is 173 cm³/mol. The Morgan fingerprint density at radius 2 is 1.02 bits per heavy atom. The maximum absolute atomic E-state index is 14.0. The molecule has 0 amide bonds. The molecule has 0 aliphatic carbocycles. The lowest BCUT2D eigenvalue weighted by atomic mass is 10.1. The number of nitrogens with zero attached hydrogens (tertiary/aromatic N) is 6. The fourth-order valence-electron chi connectivity index (χ4n) is 6.50. The summed E-state index contributed by atoms with van der Waals surface area (Å²) < 4.78 is 83.9. The molecule has 7 heterocycles. The second kappa shape index (κ2) is 11.2. The Balaban J connectivity index is 1.46. The van der Waals surface area contributed by atoms with Gasteiger partial charge in [0.1, 0.15) is 24.4 Å². The third-order valence-electron chi connectivity index (χ3n) is 9.12. The van der Waals surface area contributed by atoms with Gasteiger partial charge < -0.3 is 29.6 Å². The van der Waals surface area contributed by atoms with Crippen molar-refractivity contribution in [3.63, 3.8) is 0 Å². The van der Waals surface area contributed by atoms with Crippen LogP contribution in [-0.2, 0) is 0 Å². The number of H-pyrrole nitrogens is 2. The Hall–Kier alpha value is -5.14. The number of aromatic nitrogens is 4. The zero-order chi connectivity index (χ0) is 34.1. The van der Waals surface area contributed by atoms with Crippen molar-refractivity contribution >= 4 is 46.4 Å². The van der Waals surface area contributed by atoms with Crippen LogP contribution in [0.25, 0.3) is 46.4 Å². The van der Waals surface area contributed by atoms with Gasteiger partial charge in [-0.2, -0.15) is 26.3 Å². The normalized spacial score (nSPS) is 20.5. The lowest BCUT2D eigenvalue weighted by molar-refractivity contribution is -0.180. The monoisotopic (exact) mass is 666 g/mol. The molecule has 4 aliphatic rings. The van der Waals surface area contributed by atoms with Crippen molar-refractivity contribution in [3.05, 3.63) is 95.1 Å². The van der Waals surface area contributed by atoms with Gasteiger partial charge in [-0.15, -0.1) is 0 Å². The van der Waals surface area contributed by atoms with E-state index >= 15 is 0 Å². The Labute approximate surface area is 272 Å². The molecule has 8 bridgehead atoms. The van der Waals surface area contributed by atoms with Crippen LogP contribution < -0.4 is 0 Å². The maximum atomic E-state index is 14.0. The molecular formula is C34H32F6N8. The van der Waals surface area contributed by atoms with Gasteiger partial charge in [-0.1, -0.05) is 0 Å². The van der Waals surface area contributed by atoms with Crippen molar-refractivity contribution in [1.29, 1.82) is 0 Å². The molecule has 7 rings (SSSR count). The average Bonchev–Trinajstić information content (AvgIpc) is 3.86. The molecule has 3 aromatic rings. The molecule has 48 heavy (non-hydrogen) atoms. The van der Waals surface area contributed by atoms with Gasteiger partial charge in [0.25, 0.3) is 0 Å². The van der Waals surface area contributed by atoms with E-state index in [1.807, 2.05) is 24.3 Å².